The summed E-state index contributed by atoms with van der Waals surface area (Å²) in [6.45, 7) is 3.31. The van der Waals surface area contributed by atoms with Crippen LogP contribution in [0.5, 0.6) is 0 Å². The van der Waals surface area contributed by atoms with Gasteiger partial charge < -0.3 is 10.1 Å². The Morgan fingerprint density at radius 1 is 1.10 bits per heavy atom. The van der Waals surface area contributed by atoms with E-state index >= 15 is 0 Å². The molecule has 0 saturated heterocycles. The lowest BCUT2D eigenvalue weighted by molar-refractivity contribution is -0.148. The monoisotopic (exact) mass is 409 g/mol. The molecule has 2 aromatic carbocycles. The van der Waals surface area contributed by atoms with Crippen molar-refractivity contribution in [1.82, 2.24) is 9.78 Å². The normalized spacial score (nSPS) is 12.0. The second kappa shape index (κ2) is 9.21. The first-order valence-corrected chi connectivity index (χ1v) is 9.38. The van der Waals surface area contributed by atoms with E-state index in [9.17, 15) is 9.59 Å². The maximum Gasteiger partial charge on any atom is 0.331 e. The Morgan fingerprint density at radius 2 is 1.72 bits per heavy atom. The van der Waals surface area contributed by atoms with Gasteiger partial charge in [0.05, 0.1) is 11.4 Å². The lowest BCUT2D eigenvalue weighted by atomic mass is 10.2. The van der Waals surface area contributed by atoms with E-state index in [0.717, 1.165) is 5.69 Å². The fourth-order valence-electron chi connectivity index (χ4n) is 2.62. The first-order chi connectivity index (χ1) is 14.0. The Kier molecular flexibility index (Phi) is 6.46. The molecule has 0 aliphatic rings. The van der Waals surface area contributed by atoms with E-state index < -0.39 is 18.0 Å². The van der Waals surface area contributed by atoms with Crippen LogP contribution in [0, 0.1) is 6.92 Å². The van der Waals surface area contributed by atoms with Gasteiger partial charge in [-0.15, -0.1) is 0 Å². The van der Waals surface area contributed by atoms with Crippen LogP contribution in [0.3, 0.4) is 0 Å². The summed E-state index contributed by atoms with van der Waals surface area (Å²) in [5.41, 5.74) is 2.72. The molecule has 0 radical (unpaired) electrons. The van der Waals surface area contributed by atoms with Crippen molar-refractivity contribution >= 4 is 35.2 Å². The molecule has 3 rings (SSSR count). The highest BCUT2D eigenvalue weighted by Gasteiger charge is 2.17. The van der Waals surface area contributed by atoms with Gasteiger partial charge >= 0.3 is 5.97 Å². The third-order valence-electron chi connectivity index (χ3n) is 4.14. The summed E-state index contributed by atoms with van der Waals surface area (Å²) in [6.07, 6.45) is 1.82. The number of carbonyl (C=O) groups is 2. The minimum Gasteiger partial charge on any atom is -0.449 e. The van der Waals surface area contributed by atoms with Crippen LogP contribution >= 0.6 is 11.6 Å². The Balaban J connectivity index is 1.65. The highest BCUT2D eigenvalue weighted by molar-refractivity contribution is 6.31. The molecule has 1 N–H and O–H groups in total. The minimum absolute atomic E-state index is 0.382. The minimum atomic E-state index is -0.948. The smallest absolute Gasteiger partial charge is 0.331 e. The highest BCUT2D eigenvalue weighted by atomic mass is 35.5. The molecule has 0 spiro atoms. The molecule has 6 nitrogen and oxygen atoms in total. The van der Waals surface area contributed by atoms with Gasteiger partial charge in [-0.3, -0.25) is 4.79 Å². The third kappa shape index (κ3) is 5.12. The van der Waals surface area contributed by atoms with Crippen LogP contribution in [-0.4, -0.2) is 27.8 Å². The fraction of sp³-hybridized carbons (Fsp3) is 0.136. The van der Waals surface area contributed by atoms with Crippen LogP contribution in [0.4, 0.5) is 5.69 Å². The molecule has 0 aliphatic heterocycles. The highest BCUT2D eigenvalue weighted by Crippen LogP contribution is 2.24. The third-order valence-corrected chi connectivity index (χ3v) is 4.50. The molecule has 148 valence electrons. The van der Waals surface area contributed by atoms with Crippen molar-refractivity contribution in [2.45, 2.75) is 20.0 Å². The summed E-state index contributed by atoms with van der Waals surface area (Å²) in [5, 5.41) is 7.48. The molecule has 0 bridgehead atoms. The number of ether oxygens (including phenoxy) is 1. The van der Waals surface area contributed by atoms with Crippen molar-refractivity contribution < 1.29 is 14.3 Å². The van der Waals surface area contributed by atoms with Crippen molar-refractivity contribution in [3.05, 3.63) is 83.2 Å². The topological polar surface area (TPSA) is 73.2 Å². The van der Waals surface area contributed by atoms with Crippen LogP contribution < -0.4 is 5.32 Å². The average Bonchev–Trinajstić information content (AvgIpc) is 3.01. The van der Waals surface area contributed by atoms with Crippen molar-refractivity contribution in [3.8, 4) is 5.69 Å². The number of nitrogens with one attached hydrogen (secondary N) is 1. The lowest BCUT2D eigenvalue weighted by Crippen LogP contribution is -2.29. The fourth-order valence-corrected chi connectivity index (χ4v) is 2.96. The van der Waals surface area contributed by atoms with E-state index in [0.29, 0.717) is 22.1 Å². The number of anilines is 1. The van der Waals surface area contributed by atoms with Crippen LogP contribution in [0.2, 0.25) is 5.15 Å². The Labute approximate surface area is 173 Å². The van der Waals surface area contributed by atoms with E-state index in [1.807, 2.05) is 36.4 Å². The standard InChI is InChI=1S/C22H20ClN3O3/c1-15-19(21(23)26(25-15)18-11-7-4-8-12-18)13-14-20(27)29-16(2)22(28)24-17-9-5-3-6-10-17/h3-14,16H,1-2H3,(H,24,28)/b14-13+/t16-/m0/s1. The molecular weight excluding hydrogens is 390 g/mol. The van der Waals surface area contributed by atoms with Crippen molar-refractivity contribution in [2.24, 2.45) is 0 Å². The van der Waals surface area contributed by atoms with E-state index in [1.165, 1.54) is 19.1 Å². The maximum absolute atomic E-state index is 12.1. The predicted octanol–water partition coefficient (Wildman–Crippen LogP) is 4.42. The van der Waals surface area contributed by atoms with Gasteiger partial charge in [-0.25, -0.2) is 9.48 Å². The second-order valence-corrected chi connectivity index (χ2v) is 6.66. The zero-order valence-corrected chi connectivity index (χ0v) is 16.8. The summed E-state index contributed by atoms with van der Waals surface area (Å²) in [5.74, 6) is -1.06. The molecule has 1 heterocycles. The Hall–Kier alpha value is -3.38. The van der Waals surface area contributed by atoms with Crippen molar-refractivity contribution in [2.75, 3.05) is 5.32 Å². The summed E-state index contributed by atoms with van der Waals surface area (Å²) >= 11 is 6.43. The van der Waals surface area contributed by atoms with Crippen LogP contribution in [0.15, 0.2) is 66.7 Å². The molecule has 0 fully saturated rings. The molecule has 0 saturated carbocycles. The molecule has 1 amide bonds. The maximum atomic E-state index is 12.1. The van der Waals surface area contributed by atoms with Crippen LogP contribution in [0.1, 0.15) is 18.2 Å². The number of rotatable bonds is 6. The molecule has 0 unspecified atom stereocenters. The zero-order chi connectivity index (χ0) is 20.8. The molecule has 0 aliphatic carbocycles. The van der Waals surface area contributed by atoms with Gasteiger partial charge in [-0.1, -0.05) is 48.0 Å². The number of halogens is 1. The predicted molar refractivity (Wildman–Crippen MR) is 113 cm³/mol. The molecular formula is C22H20ClN3O3. The number of aryl methyl sites for hydroxylation is 1. The van der Waals surface area contributed by atoms with Gasteiger partial charge in [0.1, 0.15) is 5.15 Å². The number of para-hydroxylation sites is 2. The Bertz CT molecular complexity index is 1030. The van der Waals surface area contributed by atoms with E-state index in [4.69, 9.17) is 16.3 Å². The summed E-state index contributed by atoms with van der Waals surface area (Å²) in [6, 6.07) is 18.4. The number of amides is 1. The quantitative estimate of drug-likeness (QED) is 0.483. The van der Waals surface area contributed by atoms with Gasteiger partial charge in [-0.2, -0.15) is 5.10 Å². The van der Waals surface area contributed by atoms with Crippen LogP contribution in [-0.2, 0) is 14.3 Å². The summed E-state index contributed by atoms with van der Waals surface area (Å²) < 4.78 is 6.76. The van der Waals surface area contributed by atoms with Gasteiger partial charge in [0.15, 0.2) is 6.10 Å². The van der Waals surface area contributed by atoms with E-state index in [1.54, 1.807) is 35.9 Å². The molecule has 1 atom stereocenters. The van der Waals surface area contributed by atoms with Crippen molar-refractivity contribution in [3.63, 3.8) is 0 Å². The first-order valence-electron chi connectivity index (χ1n) is 9.01. The van der Waals surface area contributed by atoms with Gasteiger partial charge in [0.25, 0.3) is 5.91 Å². The first kappa shape index (κ1) is 20.4. The molecule has 7 heteroatoms. The lowest BCUT2D eigenvalue weighted by Gasteiger charge is -2.12. The number of aromatic nitrogens is 2. The Morgan fingerprint density at radius 3 is 2.38 bits per heavy atom. The van der Waals surface area contributed by atoms with Crippen molar-refractivity contribution in [1.29, 1.82) is 0 Å². The van der Waals surface area contributed by atoms with Crippen LogP contribution in [0.25, 0.3) is 11.8 Å². The summed E-state index contributed by atoms with van der Waals surface area (Å²) in [7, 11) is 0. The molecule has 1 aromatic heterocycles. The van der Waals surface area contributed by atoms with Gasteiger partial charge in [0, 0.05) is 17.3 Å². The average molecular weight is 410 g/mol. The molecule has 3 aromatic rings. The SMILES string of the molecule is Cc1nn(-c2ccccc2)c(Cl)c1/C=C/C(=O)O[C@@H](C)C(=O)Nc1ccccc1. The van der Waals surface area contributed by atoms with E-state index in [-0.39, 0.29) is 0 Å². The largest absolute Gasteiger partial charge is 0.449 e. The number of hydrogen-bond donors (Lipinski definition) is 1. The number of nitrogens with zero attached hydrogens (tertiary/aromatic N) is 2. The second-order valence-electron chi connectivity index (χ2n) is 6.30. The van der Waals surface area contributed by atoms with Gasteiger partial charge in [0.2, 0.25) is 0 Å². The van der Waals surface area contributed by atoms with Gasteiger partial charge in [-0.05, 0) is 44.2 Å². The van der Waals surface area contributed by atoms with E-state index in [2.05, 4.69) is 10.4 Å². The number of hydrogen-bond acceptors (Lipinski definition) is 4. The summed E-state index contributed by atoms with van der Waals surface area (Å²) in [4.78, 5) is 24.3. The number of esters is 1. The number of carbonyl (C=O) groups excluding carboxylic acids is 2. The molecule has 29 heavy (non-hydrogen) atoms. The number of benzene rings is 2. The zero-order valence-electron chi connectivity index (χ0n) is 16.0.